The number of amides is 2. The van der Waals surface area contributed by atoms with Crippen LogP contribution >= 0.6 is 0 Å². The van der Waals surface area contributed by atoms with Crippen molar-refractivity contribution < 1.29 is 9.59 Å². The lowest BCUT2D eigenvalue weighted by atomic mass is 9.87. The molecule has 2 fully saturated rings. The molecule has 0 aromatic heterocycles. The van der Waals surface area contributed by atoms with Gasteiger partial charge in [-0.15, -0.1) is 0 Å². The minimum absolute atomic E-state index is 0.0354. The minimum Gasteiger partial charge on any atom is -0.359 e. The van der Waals surface area contributed by atoms with Crippen LogP contribution in [0.1, 0.15) is 32.1 Å². The second-order valence-corrected chi connectivity index (χ2v) is 4.60. The van der Waals surface area contributed by atoms with Crippen LogP contribution in [0.3, 0.4) is 0 Å². The lowest BCUT2D eigenvalue weighted by Gasteiger charge is -2.40. The van der Waals surface area contributed by atoms with Crippen molar-refractivity contribution in [2.75, 3.05) is 7.05 Å². The molecular formula is C11H19N3O2. The van der Waals surface area contributed by atoms with Crippen LogP contribution in [-0.2, 0) is 9.59 Å². The molecule has 2 amide bonds. The fourth-order valence-electron chi connectivity index (χ4n) is 2.56. The first kappa shape index (κ1) is 11.4. The van der Waals surface area contributed by atoms with Gasteiger partial charge >= 0.3 is 0 Å². The summed E-state index contributed by atoms with van der Waals surface area (Å²) in [6.45, 7) is 0. The van der Waals surface area contributed by atoms with Gasteiger partial charge in [-0.05, 0) is 12.8 Å². The third-order valence-electron chi connectivity index (χ3n) is 3.49. The number of rotatable bonds is 2. The van der Waals surface area contributed by atoms with E-state index in [0.717, 1.165) is 12.8 Å². The van der Waals surface area contributed by atoms with Gasteiger partial charge in [-0.3, -0.25) is 9.59 Å². The summed E-state index contributed by atoms with van der Waals surface area (Å²) < 4.78 is 0. The van der Waals surface area contributed by atoms with Crippen LogP contribution in [0.15, 0.2) is 0 Å². The number of carbonyl (C=O) groups is 2. The van der Waals surface area contributed by atoms with Crippen LogP contribution < -0.4 is 16.0 Å². The Morgan fingerprint density at radius 1 is 1.38 bits per heavy atom. The van der Waals surface area contributed by atoms with Gasteiger partial charge in [0.15, 0.2) is 0 Å². The Bertz CT molecular complexity index is 293. The maximum atomic E-state index is 11.7. The number of piperazine rings is 1. The molecule has 0 aromatic carbocycles. The summed E-state index contributed by atoms with van der Waals surface area (Å²) in [7, 11) is 1.59. The fourth-order valence-corrected chi connectivity index (χ4v) is 2.56. The Labute approximate surface area is 95.3 Å². The quantitative estimate of drug-likeness (QED) is 0.594. The normalized spacial score (nSPS) is 33.8. The smallest absolute Gasteiger partial charge is 0.237 e. The van der Waals surface area contributed by atoms with Gasteiger partial charge in [0.05, 0.1) is 12.5 Å². The molecule has 0 unspecified atom stereocenters. The monoisotopic (exact) mass is 225 g/mol. The van der Waals surface area contributed by atoms with E-state index >= 15 is 0 Å². The molecule has 3 N–H and O–H groups in total. The van der Waals surface area contributed by atoms with E-state index in [1.54, 1.807) is 7.05 Å². The second kappa shape index (κ2) is 4.82. The summed E-state index contributed by atoms with van der Waals surface area (Å²) in [4.78, 5) is 23.0. The van der Waals surface area contributed by atoms with Crippen molar-refractivity contribution in [3.8, 4) is 0 Å². The Hall–Kier alpha value is -1.10. The molecule has 0 spiro atoms. The van der Waals surface area contributed by atoms with E-state index in [2.05, 4.69) is 16.0 Å². The van der Waals surface area contributed by atoms with E-state index in [0.29, 0.717) is 6.04 Å². The van der Waals surface area contributed by atoms with Crippen molar-refractivity contribution in [3.63, 3.8) is 0 Å². The summed E-state index contributed by atoms with van der Waals surface area (Å²) >= 11 is 0. The Morgan fingerprint density at radius 2 is 2.06 bits per heavy atom. The fraction of sp³-hybridized carbons (Fsp3) is 0.818. The molecular weight excluding hydrogens is 206 g/mol. The Morgan fingerprint density at radius 3 is 2.75 bits per heavy atom. The van der Waals surface area contributed by atoms with E-state index in [4.69, 9.17) is 0 Å². The average Bonchev–Trinajstić information content (AvgIpc) is 2.30. The second-order valence-electron chi connectivity index (χ2n) is 4.60. The summed E-state index contributed by atoms with van der Waals surface area (Å²) in [5, 5.41) is 8.86. The summed E-state index contributed by atoms with van der Waals surface area (Å²) in [5.41, 5.74) is 0. The molecule has 1 saturated carbocycles. The molecule has 1 aliphatic carbocycles. The Balaban J connectivity index is 1.95. The first-order valence-electron chi connectivity index (χ1n) is 5.97. The summed E-state index contributed by atoms with van der Waals surface area (Å²) in [6.07, 6.45) is 4.76. The molecule has 2 aliphatic rings. The lowest BCUT2D eigenvalue weighted by molar-refractivity contribution is -0.131. The largest absolute Gasteiger partial charge is 0.359 e. The number of nitrogens with one attached hydrogen (secondary N) is 3. The summed E-state index contributed by atoms with van der Waals surface area (Å²) in [6, 6.07) is 0.252. The highest BCUT2D eigenvalue weighted by molar-refractivity contribution is 5.89. The van der Waals surface area contributed by atoms with E-state index in [9.17, 15) is 9.59 Å². The molecule has 0 radical (unpaired) electrons. The van der Waals surface area contributed by atoms with Gasteiger partial charge in [0.1, 0.15) is 0 Å². The zero-order chi connectivity index (χ0) is 11.5. The molecule has 1 aliphatic heterocycles. The van der Waals surface area contributed by atoms with Crippen LogP contribution in [0.5, 0.6) is 0 Å². The van der Waals surface area contributed by atoms with Crippen LogP contribution in [-0.4, -0.2) is 37.0 Å². The van der Waals surface area contributed by atoms with E-state index in [1.807, 2.05) is 0 Å². The maximum absolute atomic E-state index is 11.7. The van der Waals surface area contributed by atoms with Gasteiger partial charge in [-0.25, -0.2) is 0 Å². The molecule has 1 heterocycles. The first-order valence-corrected chi connectivity index (χ1v) is 5.97. The molecule has 0 bridgehead atoms. The third-order valence-corrected chi connectivity index (χ3v) is 3.49. The zero-order valence-corrected chi connectivity index (χ0v) is 9.58. The van der Waals surface area contributed by atoms with Crippen molar-refractivity contribution >= 4 is 11.8 Å². The molecule has 5 nitrogen and oxygen atoms in total. The highest BCUT2D eigenvalue weighted by Crippen LogP contribution is 2.22. The van der Waals surface area contributed by atoms with Gasteiger partial charge in [0.2, 0.25) is 11.8 Å². The first-order chi connectivity index (χ1) is 7.70. The average molecular weight is 225 g/mol. The van der Waals surface area contributed by atoms with Gasteiger partial charge in [0, 0.05) is 19.1 Å². The Kier molecular flexibility index (Phi) is 3.43. The number of hydrogen-bond donors (Lipinski definition) is 3. The standard InChI is InChI=1S/C11H19N3O2/c1-12-10(15)6-9-11(16)14-8-5-3-2-4-7(8)13-9/h7-9,13H,2-6H2,1H3,(H,12,15)(H,14,16)/t7-,8+,9+/m0/s1. The molecule has 90 valence electrons. The predicted molar refractivity (Wildman–Crippen MR) is 59.8 cm³/mol. The minimum atomic E-state index is -0.362. The lowest BCUT2D eigenvalue weighted by Crippen LogP contribution is -2.65. The summed E-state index contributed by atoms with van der Waals surface area (Å²) in [5.74, 6) is -0.131. The molecule has 5 heteroatoms. The van der Waals surface area contributed by atoms with Crippen LogP contribution in [0, 0.1) is 0 Å². The zero-order valence-electron chi connectivity index (χ0n) is 9.58. The number of fused-ring (bicyclic) bond motifs is 1. The van der Waals surface area contributed by atoms with Gasteiger partial charge in [0.25, 0.3) is 0 Å². The van der Waals surface area contributed by atoms with Gasteiger partial charge < -0.3 is 16.0 Å². The highest BCUT2D eigenvalue weighted by atomic mass is 16.2. The SMILES string of the molecule is CNC(=O)C[C@H]1N[C@H]2CCCC[C@H]2NC1=O. The van der Waals surface area contributed by atoms with E-state index in [-0.39, 0.29) is 30.3 Å². The molecule has 2 rings (SSSR count). The van der Waals surface area contributed by atoms with E-state index in [1.165, 1.54) is 12.8 Å². The number of carbonyl (C=O) groups excluding carboxylic acids is 2. The molecule has 3 atom stereocenters. The van der Waals surface area contributed by atoms with Crippen molar-refractivity contribution in [1.82, 2.24) is 16.0 Å². The van der Waals surface area contributed by atoms with Crippen LogP contribution in [0.4, 0.5) is 0 Å². The third kappa shape index (κ3) is 2.35. The number of hydrogen-bond acceptors (Lipinski definition) is 3. The van der Waals surface area contributed by atoms with Gasteiger partial charge in [-0.1, -0.05) is 12.8 Å². The van der Waals surface area contributed by atoms with Crippen LogP contribution in [0.2, 0.25) is 0 Å². The van der Waals surface area contributed by atoms with Crippen molar-refractivity contribution in [1.29, 1.82) is 0 Å². The van der Waals surface area contributed by atoms with Crippen molar-refractivity contribution in [3.05, 3.63) is 0 Å². The van der Waals surface area contributed by atoms with Crippen molar-refractivity contribution in [2.24, 2.45) is 0 Å². The maximum Gasteiger partial charge on any atom is 0.237 e. The molecule has 1 saturated heterocycles. The van der Waals surface area contributed by atoms with Gasteiger partial charge in [-0.2, -0.15) is 0 Å². The topological polar surface area (TPSA) is 70.2 Å². The van der Waals surface area contributed by atoms with E-state index < -0.39 is 0 Å². The predicted octanol–water partition coefficient (Wildman–Crippen LogP) is -0.478. The molecule has 0 aromatic rings. The van der Waals surface area contributed by atoms with Crippen molar-refractivity contribution in [2.45, 2.75) is 50.2 Å². The van der Waals surface area contributed by atoms with Crippen LogP contribution in [0.25, 0.3) is 0 Å². The molecule has 16 heavy (non-hydrogen) atoms. The highest BCUT2D eigenvalue weighted by Gasteiger charge is 2.36.